The molecule has 0 saturated heterocycles. The van der Waals surface area contributed by atoms with Gasteiger partial charge in [0.15, 0.2) is 0 Å². The molecular formula is C32H36O5Si2. The maximum Gasteiger partial charge on any atom is 0.272 e. The summed E-state index contributed by atoms with van der Waals surface area (Å²) in [6.07, 6.45) is 0. The second-order valence-corrected chi connectivity index (χ2v) is 13.9. The van der Waals surface area contributed by atoms with Crippen molar-refractivity contribution >= 4 is 38.8 Å². The number of aryl methyl sites for hydroxylation is 4. The highest BCUT2D eigenvalue weighted by molar-refractivity contribution is 6.91. The van der Waals surface area contributed by atoms with Gasteiger partial charge in [-0.3, -0.25) is 0 Å². The van der Waals surface area contributed by atoms with Crippen LogP contribution in [-0.4, -0.2) is 46.5 Å². The van der Waals surface area contributed by atoms with Gasteiger partial charge >= 0.3 is 0 Å². The van der Waals surface area contributed by atoms with Gasteiger partial charge < -0.3 is 23.1 Å². The van der Waals surface area contributed by atoms with E-state index in [1.165, 1.54) is 20.7 Å². The van der Waals surface area contributed by atoms with Crippen LogP contribution in [0.25, 0.3) is 0 Å². The molecule has 0 heterocycles. The molecule has 4 aromatic carbocycles. The van der Waals surface area contributed by atoms with Gasteiger partial charge in [0.2, 0.25) is 0 Å². The van der Waals surface area contributed by atoms with E-state index in [4.69, 9.17) is 23.1 Å². The summed E-state index contributed by atoms with van der Waals surface area (Å²) in [5.41, 5.74) is 4.34. The van der Waals surface area contributed by atoms with Crippen LogP contribution >= 0.6 is 0 Å². The first-order chi connectivity index (χ1) is 18.8. The van der Waals surface area contributed by atoms with Crippen molar-refractivity contribution in [3.63, 3.8) is 0 Å². The Morgan fingerprint density at radius 2 is 0.615 bits per heavy atom. The van der Waals surface area contributed by atoms with Gasteiger partial charge in [0.1, 0.15) is 23.0 Å². The molecule has 5 nitrogen and oxygen atoms in total. The average molecular weight is 557 g/mol. The number of hydrogen-bond acceptors (Lipinski definition) is 5. The number of rotatable bonds is 10. The lowest BCUT2D eigenvalue weighted by molar-refractivity contribution is 0.411. The van der Waals surface area contributed by atoms with E-state index in [9.17, 15) is 0 Å². The van der Waals surface area contributed by atoms with Crippen LogP contribution < -0.4 is 39.7 Å². The molecule has 2 radical (unpaired) electrons. The van der Waals surface area contributed by atoms with Gasteiger partial charge in [-0.2, -0.15) is 0 Å². The summed E-state index contributed by atoms with van der Waals surface area (Å²) in [6, 6.07) is 25.5. The summed E-state index contributed by atoms with van der Waals surface area (Å²) in [6.45, 7) is 8.30. The first kappa shape index (κ1) is 28.5. The predicted molar refractivity (Wildman–Crippen MR) is 162 cm³/mol. The highest BCUT2D eigenvalue weighted by Crippen LogP contribution is 2.20. The van der Waals surface area contributed by atoms with E-state index in [0.717, 1.165) is 45.3 Å². The van der Waals surface area contributed by atoms with Crippen molar-refractivity contribution in [2.75, 3.05) is 28.4 Å². The Kier molecular flexibility index (Phi) is 9.17. The minimum atomic E-state index is -1.67. The highest BCUT2D eigenvalue weighted by Gasteiger charge is 2.30. The van der Waals surface area contributed by atoms with Gasteiger partial charge in [-0.25, -0.2) is 0 Å². The van der Waals surface area contributed by atoms with Gasteiger partial charge in [0.05, 0.1) is 28.4 Å². The molecule has 0 amide bonds. The van der Waals surface area contributed by atoms with Crippen molar-refractivity contribution in [2.24, 2.45) is 0 Å². The quantitative estimate of drug-likeness (QED) is 0.278. The molecule has 0 saturated carbocycles. The molecule has 0 atom stereocenters. The zero-order chi connectivity index (χ0) is 28.1. The fourth-order valence-corrected chi connectivity index (χ4v) is 10.4. The minimum Gasteiger partial charge on any atom is -0.496 e. The smallest absolute Gasteiger partial charge is 0.272 e. The van der Waals surface area contributed by atoms with E-state index in [1.54, 1.807) is 28.4 Å². The van der Waals surface area contributed by atoms with Gasteiger partial charge in [0, 0.05) is 0 Å². The first-order valence-corrected chi connectivity index (χ1v) is 15.6. The van der Waals surface area contributed by atoms with Crippen LogP contribution in [0, 0.1) is 27.7 Å². The number of hydrogen-bond donors (Lipinski definition) is 0. The minimum absolute atomic E-state index is 0.869. The Bertz CT molecular complexity index is 1240. The lowest BCUT2D eigenvalue weighted by atomic mass is 10.2. The molecule has 0 fully saturated rings. The molecule has 0 unspecified atom stereocenters. The fourth-order valence-electron chi connectivity index (χ4n) is 4.75. The van der Waals surface area contributed by atoms with E-state index in [2.05, 4.69) is 76.2 Å². The SMILES string of the molecule is COc1ccc([Si](O[Si](c2ccc(OC)c(C)c2)c2ccc(OC)c(C)c2)c2ccc(OC)c(C)c2)cc1C. The molecular weight excluding hydrogens is 521 g/mol. The third-order valence-electron chi connectivity index (χ3n) is 6.83. The van der Waals surface area contributed by atoms with E-state index < -0.39 is 18.1 Å². The monoisotopic (exact) mass is 556 g/mol. The van der Waals surface area contributed by atoms with Crippen molar-refractivity contribution in [3.8, 4) is 23.0 Å². The van der Waals surface area contributed by atoms with Crippen LogP contribution in [0.15, 0.2) is 72.8 Å². The first-order valence-electron chi connectivity index (χ1n) is 12.8. The molecule has 7 heteroatoms. The highest BCUT2D eigenvalue weighted by atomic mass is 28.4. The summed E-state index contributed by atoms with van der Waals surface area (Å²) in [5.74, 6) is 3.47. The zero-order valence-electron chi connectivity index (χ0n) is 24.0. The molecule has 0 bridgehead atoms. The van der Waals surface area contributed by atoms with E-state index in [1.807, 2.05) is 24.3 Å². The third kappa shape index (κ3) is 6.22. The fraction of sp³-hybridized carbons (Fsp3) is 0.250. The van der Waals surface area contributed by atoms with Crippen molar-refractivity contribution in [1.29, 1.82) is 0 Å². The predicted octanol–water partition coefficient (Wildman–Crippen LogP) is 3.88. The molecule has 39 heavy (non-hydrogen) atoms. The van der Waals surface area contributed by atoms with E-state index >= 15 is 0 Å². The Balaban J connectivity index is 1.88. The largest absolute Gasteiger partial charge is 0.496 e. The number of ether oxygens (including phenoxy) is 4. The van der Waals surface area contributed by atoms with Crippen LogP contribution in [0.1, 0.15) is 22.3 Å². The Hall–Kier alpha value is -3.53. The van der Waals surface area contributed by atoms with Gasteiger partial charge in [0.25, 0.3) is 18.1 Å². The van der Waals surface area contributed by atoms with Crippen molar-refractivity contribution in [1.82, 2.24) is 0 Å². The van der Waals surface area contributed by atoms with Crippen LogP contribution in [0.2, 0.25) is 0 Å². The molecule has 0 spiro atoms. The maximum atomic E-state index is 7.35. The van der Waals surface area contributed by atoms with Gasteiger partial charge in [-0.1, -0.05) is 48.5 Å². The molecule has 0 N–H and O–H groups in total. The van der Waals surface area contributed by atoms with Crippen LogP contribution in [0.3, 0.4) is 0 Å². The molecule has 0 aliphatic heterocycles. The molecule has 4 aromatic rings. The van der Waals surface area contributed by atoms with Crippen molar-refractivity contribution in [2.45, 2.75) is 27.7 Å². The normalized spacial score (nSPS) is 11.1. The second kappa shape index (κ2) is 12.6. The molecule has 202 valence electrons. The van der Waals surface area contributed by atoms with Crippen molar-refractivity contribution < 1.29 is 23.1 Å². The third-order valence-corrected chi connectivity index (χ3v) is 11.8. The summed E-state index contributed by atoms with van der Waals surface area (Å²) >= 11 is 0. The van der Waals surface area contributed by atoms with Crippen molar-refractivity contribution in [3.05, 3.63) is 95.1 Å². The average Bonchev–Trinajstić information content (AvgIpc) is 2.93. The lowest BCUT2D eigenvalue weighted by Crippen LogP contribution is -2.56. The van der Waals surface area contributed by atoms with Crippen LogP contribution in [-0.2, 0) is 4.12 Å². The summed E-state index contributed by atoms with van der Waals surface area (Å²) in [4.78, 5) is 0. The summed E-state index contributed by atoms with van der Waals surface area (Å²) < 4.78 is 29.6. The van der Waals surface area contributed by atoms with Crippen LogP contribution in [0.5, 0.6) is 23.0 Å². The second-order valence-electron chi connectivity index (χ2n) is 9.50. The van der Waals surface area contributed by atoms with Gasteiger partial charge in [-0.15, -0.1) is 0 Å². The lowest BCUT2D eigenvalue weighted by Gasteiger charge is -2.25. The molecule has 0 aliphatic carbocycles. The van der Waals surface area contributed by atoms with E-state index in [-0.39, 0.29) is 0 Å². The standard InChI is InChI=1S/C32H36O5Si2/c1-21-17-25(9-13-29(21)33-5)38(26-10-14-30(34-6)22(2)18-26)37-39(27-11-15-31(35-7)23(3)19-27)28-12-16-32(36-8)24(4)20-28/h9-20H,1-8H3. The van der Waals surface area contributed by atoms with Gasteiger partial charge in [-0.05, 0) is 95.0 Å². The van der Waals surface area contributed by atoms with E-state index in [0.29, 0.717) is 0 Å². The Morgan fingerprint density at radius 1 is 0.385 bits per heavy atom. The number of methoxy groups -OCH3 is 4. The Morgan fingerprint density at radius 3 is 0.795 bits per heavy atom. The topological polar surface area (TPSA) is 46.2 Å². The molecule has 0 aromatic heterocycles. The van der Waals surface area contributed by atoms with Crippen LogP contribution in [0.4, 0.5) is 0 Å². The number of benzene rings is 4. The zero-order valence-corrected chi connectivity index (χ0v) is 26.0. The maximum absolute atomic E-state index is 7.35. The summed E-state index contributed by atoms with van der Waals surface area (Å²) in [7, 11) is 3.48. The molecule has 0 aliphatic rings. The molecule has 4 rings (SSSR count). The summed E-state index contributed by atoms with van der Waals surface area (Å²) in [5, 5.41) is 4.67. The Labute approximate surface area is 235 Å².